The van der Waals surface area contributed by atoms with E-state index in [1.54, 1.807) is 20.8 Å². The normalized spacial score (nSPS) is 14.3. The topological polar surface area (TPSA) is 63.6 Å². The first kappa shape index (κ1) is 20.3. The third-order valence-corrected chi connectivity index (χ3v) is 2.84. The molecule has 0 radical (unpaired) electrons. The maximum absolute atomic E-state index is 12.2. The number of carboxylic acids is 1. The van der Waals surface area contributed by atoms with Crippen molar-refractivity contribution < 1.29 is 19.4 Å². The number of hydrogen-bond acceptors (Lipinski definition) is 3. The van der Waals surface area contributed by atoms with Crippen LogP contribution in [-0.4, -0.2) is 22.6 Å². The molecule has 0 aliphatic carbocycles. The van der Waals surface area contributed by atoms with E-state index in [0.29, 0.717) is 12.8 Å². The molecule has 0 spiro atoms. The van der Waals surface area contributed by atoms with Crippen LogP contribution < -0.4 is 0 Å². The molecule has 5 heteroatoms. The molecule has 0 aromatic heterocycles. The second-order valence-corrected chi connectivity index (χ2v) is 6.50. The van der Waals surface area contributed by atoms with Crippen molar-refractivity contribution >= 4 is 11.9 Å². The molecule has 0 bridgehead atoms. The van der Waals surface area contributed by atoms with E-state index in [2.05, 4.69) is 0 Å². The van der Waals surface area contributed by atoms with Crippen molar-refractivity contribution in [1.29, 1.82) is 0 Å². The Labute approximate surface area is 116 Å². The van der Waals surface area contributed by atoms with Gasteiger partial charge in [0.05, 0.1) is 11.8 Å². The first-order valence-electron chi connectivity index (χ1n) is 7.04. The average molecular weight is 529 g/mol. The Morgan fingerprint density at radius 2 is 1.65 bits per heavy atom. The van der Waals surface area contributed by atoms with Crippen LogP contribution in [0, 0.1) is 17.8 Å². The van der Waals surface area contributed by atoms with E-state index in [-0.39, 0.29) is 11.9 Å². The number of esters is 1. The molecule has 0 aliphatic rings. The van der Waals surface area contributed by atoms with Gasteiger partial charge < -0.3 is 9.84 Å². The summed E-state index contributed by atoms with van der Waals surface area (Å²) in [5.41, 5.74) is -0.579. The summed E-state index contributed by atoms with van der Waals surface area (Å²) in [7, 11) is 0. The molecule has 0 saturated heterocycles. The molecule has 0 saturated carbocycles. The third-order valence-electron chi connectivity index (χ3n) is 2.84. The molecule has 1 N–H and O–H groups in total. The molecule has 0 amide bonds. The van der Waals surface area contributed by atoms with E-state index in [1.807, 2.05) is 20.8 Å². The SMILES string of the molecule is CCC[C@H](C(=O)OC(C)(C)C)C(CC(C)C)C(=O)O.[Fm]. The monoisotopic (exact) mass is 529 g/mol. The van der Waals surface area contributed by atoms with Gasteiger partial charge in [0.1, 0.15) is 5.60 Å². The molecule has 0 aliphatic heterocycles. The Balaban J connectivity index is 0. The Morgan fingerprint density at radius 3 is 1.95 bits per heavy atom. The van der Waals surface area contributed by atoms with Gasteiger partial charge in [-0.3, -0.25) is 9.59 Å². The Kier molecular flexibility index (Phi) is 8.29. The molecule has 124 valence electrons. The zero-order valence-electron chi connectivity index (χ0n) is 13.3. The van der Waals surface area contributed by atoms with Crippen molar-refractivity contribution in [2.75, 3.05) is 0 Å². The predicted octanol–water partition coefficient (Wildman–Crippen LogP) is 3.49. The van der Waals surface area contributed by atoms with E-state index in [0.717, 1.165) is 6.42 Å². The zero-order valence-corrected chi connectivity index (χ0v) is 15.7. The first-order valence-corrected chi connectivity index (χ1v) is 7.04. The molecule has 20 heavy (non-hydrogen) atoms. The van der Waals surface area contributed by atoms with Crippen molar-refractivity contribution in [1.82, 2.24) is 0 Å². The van der Waals surface area contributed by atoms with Gasteiger partial charge in [-0.15, -0.1) is 0 Å². The first-order chi connectivity index (χ1) is 8.58. The molecule has 0 aromatic rings. The van der Waals surface area contributed by atoms with Crippen LogP contribution in [-0.2, 0) is 14.3 Å². The summed E-state index contributed by atoms with van der Waals surface area (Å²) in [6.45, 7) is 11.3. The fourth-order valence-corrected chi connectivity index (χ4v) is 2.12. The van der Waals surface area contributed by atoms with Crippen LogP contribution in [0.25, 0.3) is 0 Å². The number of carboxylic acid groups (broad SMARTS) is 1. The van der Waals surface area contributed by atoms with Gasteiger partial charge in [-0.2, -0.15) is 0 Å². The fraction of sp³-hybridized carbons (Fsp3) is 0.867. The van der Waals surface area contributed by atoms with E-state index in [4.69, 9.17) is 4.74 Å². The molecule has 0 rings (SSSR count). The van der Waals surface area contributed by atoms with Crippen LogP contribution in [0.1, 0.15) is 60.8 Å². The van der Waals surface area contributed by atoms with Gasteiger partial charge in [0, 0.05) is 0 Å². The summed E-state index contributed by atoms with van der Waals surface area (Å²) in [6.07, 6.45) is 1.82. The smallest absolute Gasteiger partial charge is 0.310 e. The van der Waals surface area contributed by atoms with Gasteiger partial charge in [-0.05, 0) is 39.5 Å². The number of carbonyl (C=O) groups is 2. The van der Waals surface area contributed by atoms with Crippen LogP contribution in [0.5, 0.6) is 0 Å². The minimum atomic E-state index is -0.905. The van der Waals surface area contributed by atoms with Crippen molar-refractivity contribution in [2.45, 2.75) is 66.4 Å². The van der Waals surface area contributed by atoms with Crippen molar-refractivity contribution in [3.63, 3.8) is 0 Å². The number of ether oxygens (including phenoxy) is 1. The van der Waals surface area contributed by atoms with Crippen LogP contribution >= 0.6 is 0 Å². The Bertz CT molecular complexity index is 307. The summed E-state index contributed by atoms with van der Waals surface area (Å²) in [5, 5.41) is 9.36. The average Bonchev–Trinajstić information content (AvgIpc) is 2.19. The van der Waals surface area contributed by atoms with E-state index < -0.39 is 23.4 Å². The molecular weight excluding hydrogens is 501 g/mol. The van der Waals surface area contributed by atoms with Crippen LogP contribution in [0.3, 0.4) is 0 Å². The number of rotatable bonds is 7. The summed E-state index contributed by atoms with van der Waals surface area (Å²) in [5.74, 6) is -2.26. The van der Waals surface area contributed by atoms with Crippen LogP contribution in [0.15, 0.2) is 0 Å². The van der Waals surface area contributed by atoms with E-state index >= 15 is 0 Å². The summed E-state index contributed by atoms with van der Waals surface area (Å²) < 4.78 is 5.36. The minimum absolute atomic E-state index is 0. The molecule has 0 fully saturated rings. The van der Waals surface area contributed by atoms with Gasteiger partial charge in [0.2, 0.25) is 0 Å². The summed E-state index contributed by atoms with van der Waals surface area (Å²) in [4.78, 5) is 23.6. The van der Waals surface area contributed by atoms with E-state index in [9.17, 15) is 14.7 Å². The van der Waals surface area contributed by atoms with Gasteiger partial charge >= 0.3 is 11.9 Å². The summed E-state index contributed by atoms with van der Waals surface area (Å²) in [6, 6.07) is 0. The van der Waals surface area contributed by atoms with Gasteiger partial charge in [0.25, 0.3) is 0 Å². The van der Waals surface area contributed by atoms with Crippen LogP contribution in [0.2, 0.25) is 0 Å². The molecular formula is C15H28FmO4. The van der Waals surface area contributed by atoms with Crippen molar-refractivity contribution in [3.8, 4) is 0 Å². The fourth-order valence-electron chi connectivity index (χ4n) is 2.12. The van der Waals surface area contributed by atoms with E-state index in [1.165, 1.54) is 0 Å². The molecule has 2 atom stereocenters. The Morgan fingerprint density at radius 1 is 1.15 bits per heavy atom. The van der Waals surface area contributed by atoms with Crippen LogP contribution in [0.4, 0.5) is 0 Å². The summed E-state index contributed by atoms with van der Waals surface area (Å²) >= 11 is 0. The number of carbonyl (C=O) groups excluding carboxylic acids is 1. The van der Waals surface area contributed by atoms with Gasteiger partial charge in [-0.25, -0.2) is 0 Å². The zero-order chi connectivity index (χ0) is 15.2. The number of hydrogen-bond donors (Lipinski definition) is 1. The second-order valence-electron chi connectivity index (χ2n) is 6.50. The maximum atomic E-state index is 12.2. The maximum Gasteiger partial charge on any atom is 0.310 e. The standard InChI is InChI=1S/C15H28O4.Fm/c1-7-8-11(14(18)19-15(4,5)6)12(13(16)17)9-10(2)3;/h10-12H,7-9H2,1-6H3,(H,16,17);/t11-,12?;/m0./s1. The van der Waals surface area contributed by atoms with Crippen molar-refractivity contribution in [2.24, 2.45) is 17.8 Å². The largest absolute Gasteiger partial charge is 0.481 e. The molecule has 1 unspecified atom stereocenters. The van der Waals surface area contributed by atoms with Gasteiger partial charge in [-0.1, -0.05) is 27.2 Å². The van der Waals surface area contributed by atoms with Gasteiger partial charge in [0.15, 0.2) is 0 Å². The van der Waals surface area contributed by atoms with Crippen molar-refractivity contribution in [3.05, 3.63) is 0 Å². The predicted molar refractivity (Wildman–Crippen MR) is 74.8 cm³/mol. The Hall–Kier alpha value is -2.06. The molecule has 0 aromatic carbocycles. The molecule has 0 heterocycles. The quantitative estimate of drug-likeness (QED) is 0.514. The number of aliphatic carboxylic acids is 1. The minimum Gasteiger partial charge on any atom is -0.481 e. The second kappa shape index (κ2) is 8.18. The third kappa shape index (κ3) is 7.39. The molecule has 4 nitrogen and oxygen atoms in total.